The number of guanidine groups is 1. The van der Waals surface area contributed by atoms with Gasteiger partial charge in [0.1, 0.15) is 12.4 Å². The number of hydrogen-bond acceptors (Lipinski definition) is 4. The Balaban J connectivity index is 1.90. The van der Waals surface area contributed by atoms with Crippen molar-refractivity contribution in [1.29, 1.82) is 0 Å². The molecule has 0 bridgehead atoms. The molecule has 27 heavy (non-hydrogen) atoms. The van der Waals surface area contributed by atoms with Gasteiger partial charge < -0.3 is 19.5 Å². The number of rotatable bonds is 8. The van der Waals surface area contributed by atoms with Crippen molar-refractivity contribution < 1.29 is 13.2 Å². The maximum atomic E-state index is 11.5. The number of nitrogens with one attached hydrogen (secondary N) is 1. The van der Waals surface area contributed by atoms with Crippen molar-refractivity contribution in [3.63, 3.8) is 0 Å². The minimum atomic E-state index is -3.19. The standard InChI is InChI=1S/C19H28N4O3S/c1-5-20-19(23(3)15-16-7-6-13-22(16)2)21-12-14-26-17-8-10-18(11-9-17)27(4,24)25/h6-11,13H,5,12,14-15H2,1-4H3,(H,20,21). The van der Waals surface area contributed by atoms with Crippen LogP contribution in [0.4, 0.5) is 0 Å². The Hall–Kier alpha value is -2.48. The first-order valence-electron chi connectivity index (χ1n) is 8.84. The van der Waals surface area contributed by atoms with Gasteiger partial charge in [-0.05, 0) is 43.3 Å². The molecule has 0 atom stereocenters. The second-order valence-electron chi connectivity index (χ2n) is 6.29. The summed E-state index contributed by atoms with van der Waals surface area (Å²) in [7, 11) is 0.834. The van der Waals surface area contributed by atoms with Crippen LogP contribution in [-0.2, 0) is 23.4 Å². The van der Waals surface area contributed by atoms with E-state index in [2.05, 4.69) is 25.8 Å². The molecule has 0 fully saturated rings. The van der Waals surface area contributed by atoms with E-state index in [1.54, 1.807) is 24.3 Å². The molecular weight excluding hydrogens is 364 g/mol. The number of benzene rings is 1. The van der Waals surface area contributed by atoms with Crippen LogP contribution in [0.1, 0.15) is 12.6 Å². The van der Waals surface area contributed by atoms with Gasteiger partial charge in [-0.15, -0.1) is 0 Å². The molecule has 2 aromatic rings. The maximum Gasteiger partial charge on any atom is 0.194 e. The molecule has 0 saturated heterocycles. The summed E-state index contributed by atoms with van der Waals surface area (Å²) in [6.07, 6.45) is 3.21. The summed E-state index contributed by atoms with van der Waals surface area (Å²) in [5, 5.41) is 3.28. The van der Waals surface area contributed by atoms with Gasteiger partial charge in [-0.3, -0.25) is 0 Å². The Morgan fingerprint density at radius 1 is 1.26 bits per heavy atom. The summed E-state index contributed by atoms with van der Waals surface area (Å²) in [6.45, 7) is 4.47. The first kappa shape index (κ1) is 20.8. The van der Waals surface area contributed by atoms with Crippen LogP contribution in [0.2, 0.25) is 0 Å². The fourth-order valence-electron chi connectivity index (χ4n) is 2.55. The van der Waals surface area contributed by atoms with Crippen LogP contribution in [0.5, 0.6) is 5.75 Å². The third-order valence-corrected chi connectivity index (χ3v) is 5.15. The van der Waals surface area contributed by atoms with E-state index in [9.17, 15) is 8.42 Å². The smallest absolute Gasteiger partial charge is 0.194 e. The Morgan fingerprint density at radius 3 is 2.52 bits per heavy atom. The van der Waals surface area contributed by atoms with Crippen LogP contribution in [0, 0.1) is 0 Å². The summed E-state index contributed by atoms with van der Waals surface area (Å²) in [4.78, 5) is 6.95. The average molecular weight is 393 g/mol. The highest BCUT2D eigenvalue weighted by atomic mass is 32.2. The minimum Gasteiger partial charge on any atom is -0.492 e. The minimum absolute atomic E-state index is 0.282. The molecular formula is C19H28N4O3S. The van der Waals surface area contributed by atoms with E-state index in [0.717, 1.165) is 19.0 Å². The first-order chi connectivity index (χ1) is 12.8. The van der Waals surface area contributed by atoms with Gasteiger partial charge in [0.25, 0.3) is 0 Å². The zero-order valence-electron chi connectivity index (χ0n) is 16.3. The van der Waals surface area contributed by atoms with Gasteiger partial charge in [0.05, 0.1) is 18.0 Å². The SMILES string of the molecule is CCNC(=NCCOc1ccc(S(C)(=O)=O)cc1)N(C)Cc1cccn1C. The predicted octanol–water partition coefficient (Wildman–Crippen LogP) is 1.90. The van der Waals surface area contributed by atoms with Gasteiger partial charge in [0.2, 0.25) is 0 Å². The van der Waals surface area contributed by atoms with Crippen molar-refractivity contribution in [2.75, 3.05) is 33.0 Å². The quantitative estimate of drug-likeness (QED) is 0.422. The zero-order valence-corrected chi connectivity index (χ0v) is 17.2. The van der Waals surface area contributed by atoms with Gasteiger partial charge in [0.15, 0.2) is 15.8 Å². The predicted molar refractivity (Wildman–Crippen MR) is 108 cm³/mol. The molecule has 1 heterocycles. The van der Waals surface area contributed by atoms with Crippen LogP contribution in [0.25, 0.3) is 0 Å². The summed E-state index contributed by atoms with van der Waals surface area (Å²) in [5.41, 5.74) is 1.20. The summed E-state index contributed by atoms with van der Waals surface area (Å²) >= 11 is 0. The highest BCUT2D eigenvalue weighted by molar-refractivity contribution is 7.90. The lowest BCUT2D eigenvalue weighted by Crippen LogP contribution is -2.39. The number of nitrogens with zero attached hydrogens (tertiary/aromatic N) is 3. The van der Waals surface area contributed by atoms with Crippen LogP contribution in [0.15, 0.2) is 52.5 Å². The summed E-state index contributed by atoms with van der Waals surface area (Å²) in [5.74, 6) is 1.44. The summed E-state index contributed by atoms with van der Waals surface area (Å²) < 4.78 is 30.7. The van der Waals surface area contributed by atoms with Gasteiger partial charge in [-0.25, -0.2) is 13.4 Å². The molecule has 1 N–H and O–H groups in total. The van der Waals surface area contributed by atoms with Crippen LogP contribution in [-0.4, -0.2) is 56.8 Å². The lowest BCUT2D eigenvalue weighted by molar-refractivity contribution is 0.327. The molecule has 0 aliphatic carbocycles. The third kappa shape index (κ3) is 6.32. The molecule has 0 aliphatic heterocycles. The number of aliphatic imine (C=N–C) groups is 1. The Bertz CT molecular complexity index is 857. The van der Waals surface area contributed by atoms with Crippen molar-refractivity contribution in [3.8, 4) is 5.75 Å². The highest BCUT2D eigenvalue weighted by Gasteiger charge is 2.09. The van der Waals surface area contributed by atoms with Gasteiger partial charge in [-0.2, -0.15) is 0 Å². The molecule has 1 aromatic heterocycles. The molecule has 0 radical (unpaired) electrons. The number of aromatic nitrogens is 1. The highest BCUT2D eigenvalue weighted by Crippen LogP contribution is 2.15. The van der Waals surface area contributed by atoms with Gasteiger partial charge in [-0.1, -0.05) is 0 Å². The molecule has 0 aliphatic rings. The number of ether oxygens (including phenoxy) is 1. The number of sulfone groups is 1. The van der Waals surface area contributed by atoms with Crippen molar-refractivity contribution in [1.82, 2.24) is 14.8 Å². The molecule has 7 nitrogen and oxygen atoms in total. The van der Waals surface area contributed by atoms with E-state index in [-0.39, 0.29) is 4.90 Å². The second kappa shape index (κ2) is 9.45. The number of hydrogen-bond donors (Lipinski definition) is 1. The lowest BCUT2D eigenvalue weighted by atomic mass is 10.3. The van der Waals surface area contributed by atoms with Crippen LogP contribution >= 0.6 is 0 Å². The van der Waals surface area contributed by atoms with Crippen molar-refractivity contribution >= 4 is 15.8 Å². The fourth-order valence-corrected chi connectivity index (χ4v) is 3.18. The van der Waals surface area contributed by atoms with Crippen LogP contribution in [0.3, 0.4) is 0 Å². The topological polar surface area (TPSA) is 75.9 Å². The molecule has 0 spiro atoms. The summed E-state index contributed by atoms with van der Waals surface area (Å²) in [6, 6.07) is 10.5. The van der Waals surface area contributed by atoms with E-state index in [1.165, 1.54) is 11.9 Å². The normalized spacial score (nSPS) is 12.1. The monoisotopic (exact) mass is 392 g/mol. The van der Waals surface area contributed by atoms with Crippen molar-refractivity contribution in [2.24, 2.45) is 12.0 Å². The van der Waals surface area contributed by atoms with Crippen molar-refractivity contribution in [3.05, 3.63) is 48.3 Å². The molecule has 0 amide bonds. The average Bonchev–Trinajstić information content (AvgIpc) is 3.02. The van der Waals surface area contributed by atoms with E-state index in [4.69, 9.17) is 4.74 Å². The molecule has 8 heteroatoms. The molecule has 0 unspecified atom stereocenters. The molecule has 148 valence electrons. The second-order valence-corrected chi connectivity index (χ2v) is 8.31. The third-order valence-electron chi connectivity index (χ3n) is 4.02. The number of aryl methyl sites for hydroxylation is 1. The fraction of sp³-hybridized carbons (Fsp3) is 0.421. The maximum absolute atomic E-state index is 11.5. The van der Waals surface area contributed by atoms with E-state index >= 15 is 0 Å². The van der Waals surface area contributed by atoms with Crippen LogP contribution < -0.4 is 10.1 Å². The molecule has 1 aromatic carbocycles. The van der Waals surface area contributed by atoms with Gasteiger partial charge >= 0.3 is 0 Å². The molecule has 0 saturated carbocycles. The Kier molecular flexibility index (Phi) is 7.29. The lowest BCUT2D eigenvalue weighted by Gasteiger charge is -2.22. The van der Waals surface area contributed by atoms with E-state index < -0.39 is 9.84 Å². The molecule has 2 rings (SSSR count). The van der Waals surface area contributed by atoms with Crippen molar-refractivity contribution in [2.45, 2.75) is 18.4 Å². The van der Waals surface area contributed by atoms with E-state index in [0.29, 0.717) is 18.9 Å². The van der Waals surface area contributed by atoms with E-state index in [1.807, 2.05) is 33.3 Å². The van der Waals surface area contributed by atoms with Gasteiger partial charge in [0, 0.05) is 38.8 Å². The Labute approximate surface area is 161 Å². The largest absolute Gasteiger partial charge is 0.492 e. The Morgan fingerprint density at radius 2 is 1.96 bits per heavy atom. The first-order valence-corrected chi connectivity index (χ1v) is 10.7. The zero-order chi connectivity index (χ0) is 19.9.